The molecule has 21 heteroatoms. The molecule has 4 aromatic carbocycles. The van der Waals surface area contributed by atoms with Crippen LogP contribution in [0.4, 0.5) is 20.2 Å². The second-order valence-corrected chi connectivity index (χ2v) is 21.4. The van der Waals surface area contributed by atoms with Gasteiger partial charge in [0, 0.05) is 87.3 Å². The summed E-state index contributed by atoms with van der Waals surface area (Å²) in [6.45, 7) is 9.25. The average Bonchev–Trinajstić information content (AvgIpc) is 4.09. The normalized spacial score (nSPS) is 16.0. The second-order valence-electron chi connectivity index (χ2n) is 20.5. The van der Waals surface area contributed by atoms with E-state index >= 15 is 4.39 Å². The number of likely N-dealkylation sites (tertiary alicyclic amines) is 1. The van der Waals surface area contributed by atoms with Crippen LogP contribution in [0.2, 0.25) is 0 Å². The molecule has 0 bridgehead atoms. The Morgan fingerprint density at radius 2 is 1.49 bits per heavy atom. The fourth-order valence-electron chi connectivity index (χ4n) is 8.98. The molecule has 0 radical (unpaired) electrons. The van der Waals surface area contributed by atoms with E-state index in [2.05, 4.69) is 31.2 Å². The van der Waals surface area contributed by atoms with Crippen molar-refractivity contribution in [2.24, 2.45) is 10.8 Å². The minimum absolute atomic E-state index is 0.0110. The molecule has 1 aliphatic heterocycles. The number of amides is 5. The molecular weight excluding hydrogens is 1040 g/mol. The number of aliphatic hydroxyl groups excluding tert-OH is 1. The molecule has 418 valence electrons. The van der Waals surface area contributed by atoms with E-state index in [0.717, 1.165) is 27.8 Å². The van der Waals surface area contributed by atoms with Crippen LogP contribution in [0, 0.1) is 29.4 Å². The van der Waals surface area contributed by atoms with E-state index in [-0.39, 0.29) is 61.5 Å². The molecule has 3 heterocycles. The van der Waals surface area contributed by atoms with E-state index in [4.69, 9.17) is 23.7 Å². The molecule has 18 nitrogen and oxygen atoms in total. The summed E-state index contributed by atoms with van der Waals surface area (Å²) in [5.41, 5.74) is 3.64. The van der Waals surface area contributed by atoms with Gasteiger partial charge in [-0.2, -0.15) is 0 Å². The van der Waals surface area contributed by atoms with Crippen molar-refractivity contribution in [3.8, 4) is 33.4 Å². The highest BCUT2D eigenvalue weighted by molar-refractivity contribution is 7.13. The third-order valence-corrected chi connectivity index (χ3v) is 14.5. The fourth-order valence-corrected chi connectivity index (χ4v) is 9.79. The van der Waals surface area contributed by atoms with E-state index < -0.39 is 58.4 Å². The molecule has 2 fully saturated rings. The van der Waals surface area contributed by atoms with Crippen molar-refractivity contribution < 1.29 is 61.5 Å². The molecule has 1 saturated carbocycles. The number of aliphatic hydroxyl groups is 1. The van der Waals surface area contributed by atoms with Crippen molar-refractivity contribution in [3.05, 3.63) is 120 Å². The number of nitrogens with zero attached hydrogens (tertiary/aromatic N) is 3. The first-order chi connectivity index (χ1) is 37.9. The number of carbonyl (C=O) groups is 5. The number of aromatic nitrogens is 2. The third kappa shape index (κ3) is 14.8. The molecule has 6 aromatic rings. The first-order valence-corrected chi connectivity index (χ1v) is 27.0. The van der Waals surface area contributed by atoms with Gasteiger partial charge in [-0.25, -0.2) is 13.8 Å². The van der Waals surface area contributed by atoms with Gasteiger partial charge in [0.1, 0.15) is 29.1 Å². The van der Waals surface area contributed by atoms with E-state index in [1.165, 1.54) is 54.6 Å². The number of halogens is 2. The van der Waals surface area contributed by atoms with E-state index in [0.29, 0.717) is 80.2 Å². The summed E-state index contributed by atoms with van der Waals surface area (Å²) in [4.78, 5) is 78.0. The number of thiazole rings is 1. The number of anilines is 2. The average molecular weight is 1110 g/mol. The summed E-state index contributed by atoms with van der Waals surface area (Å²) in [5, 5.41) is 22.2. The number of aryl methyl sites for hydroxylation is 1. The van der Waals surface area contributed by atoms with Crippen LogP contribution in [-0.2, 0) is 40.0 Å². The van der Waals surface area contributed by atoms with E-state index in [1.807, 2.05) is 52.0 Å². The summed E-state index contributed by atoms with van der Waals surface area (Å²) in [5.74, 6) is -2.54. The Morgan fingerprint density at radius 1 is 0.810 bits per heavy atom. The highest BCUT2D eigenvalue weighted by Crippen LogP contribution is 2.48. The summed E-state index contributed by atoms with van der Waals surface area (Å²) in [6.07, 6.45) is 2.47. The smallest absolute Gasteiger partial charge is 0.246 e. The summed E-state index contributed by atoms with van der Waals surface area (Å²) >= 11 is 1.56. The first-order valence-electron chi connectivity index (χ1n) is 26.1. The van der Waals surface area contributed by atoms with Crippen LogP contribution in [0.3, 0.4) is 0 Å². The topological polar surface area (TPSA) is 229 Å². The van der Waals surface area contributed by atoms with Gasteiger partial charge in [-0.3, -0.25) is 29.0 Å². The number of ether oxygens (including phenoxy) is 5. The highest BCUT2D eigenvalue weighted by atomic mass is 32.1. The zero-order valence-electron chi connectivity index (χ0n) is 44.7. The Morgan fingerprint density at radius 3 is 2.15 bits per heavy atom. The number of nitrogens with one attached hydrogen (secondary N) is 4. The number of carbonyl (C=O) groups excluding carboxylic acids is 5. The largest absolute Gasteiger partial charge is 0.493 e. The highest BCUT2D eigenvalue weighted by Gasteiger charge is 2.56. The molecule has 0 unspecified atom stereocenters. The lowest BCUT2D eigenvalue weighted by atomic mass is 9.85. The lowest BCUT2D eigenvalue weighted by Crippen LogP contribution is -2.57. The van der Waals surface area contributed by atoms with Crippen molar-refractivity contribution >= 4 is 63.2 Å². The monoisotopic (exact) mass is 1110 g/mol. The minimum Gasteiger partial charge on any atom is -0.493 e. The molecule has 3 atom stereocenters. The molecular formula is C58H65F2N7O11S. The van der Waals surface area contributed by atoms with Gasteiger partial charge in [0.15, 0.2) is 23.1 Å². The Bertz CT molecular complexity index is 3130. The Labute approximate surface area is 460 Å². The number of hydrogen-bond acceptors (Lipinski definition) is 14. The lowest BCUT2D eigenvalue weighted by molar-refractivity contribution is -0.144. The van der Waals surface area contributed by atoms with Gasteiger partial charge >= 0.3 is 0 Å². The SMILES string of the molecule is COc1cc2c(Oc3ccc(NC(=O)C4(C(=O)Nc5ccc(F)cc5)CC4)cc3F)ccnc2cc1OCCCOCCCOCCC(=O)N[C@H](C(=O)N1C[C@H](O)C[C@H]1C(=O)NCc1ccc(-c2scnc2C)cc1)C(C)(C)C. The molecule has 5 amide bonds. The molecule has 1 aliphatic carbocycles. The molecule has 5 N–H and O–H groups in total. The maximum Gasteiger partial charge on any atom is 0.246 e. The molecule has 8 rings (SSSR count). The number of fused-ring (bicyclic) bond motifs is 1. The quantitative estimate of drug-likeness (QED) is 0.0268. The zero-order valence-corrected chi connectivity index (χ0v) is 45.5. The minimum atomic E-state index is -1.32. The summed E-state index contributed by atoms with van der Waals surface area (Å²) in [6, 6.07) is 20.1. The Hall–Kier alpha value is -7.59. The van der Waals surface area contributed by atoms with Gasteiger partial charge in [0.05, 0.1) is 48.0 Å². The molecule has 1 saturated heterocycles. The van der Waals surface area contributed by atoms with Crippen LogP contribution in [0.1, 0.15) is 70.6 Å². The molecule has 2 aliphatic rings. The predicted octanol–water partition coefficient (Wildman–Crippen LogP) is 8.49. The van der Waals surface area contributed by atoms with E-state index in [9.17, 15) is 33.5 Å². The number of rotatable bonds is 25. The van der Waals surface area contributed by atoms with Crippen LogP contribution < -0.4 is 35.5 Å². The zero-order chi connectivity index (χ0) is 56.3. The van der Waals surface area contributed by atoms with Crippen LogP contribution in [0.25, 0.3) is 21.3 Å². The van der Waals surface area contributed by atoms with Gasteiger partial charge < -0.3 is 55.0 Å². The van der Waals surface area contributed by atoms with Gasteiger partial charge in [0.2, 0.25) is 29.5 Å². The standard InChI is InChI=1S/C58H65F2N7O11S/c1-35-51(79-34-63-35)37-10-8-36(9-11-37)32-62-53(70)45-29-41(68)33-67(45)54(71)52(57(2,3)4)66-50(69)19-27-76-24-6-23-75-25-7-26-77-49-31-44-42(30-48(49)74-5)46(18-22-61-44)78-47-17-16-40(28-43(47)60)65-56(73)58(20-21-58)55(72)64-39-14-12-38(59)13-15-39/h8-18,22,28,30-31,34,41,45,52,68H,6-7,19-21,23-27,29,32-33H2,1-5H3,(H,62,70)(H,64,72)(H,65,73)(H,66,69)/t41-,45+,52-/m1/s1. The first kappa shape index (κ1) is 57.6. The number of hydrogen-bond donors (Lipinski definition) is 5. The number of benzene rings is 4. The van der Waals surface area contributed by atoms with Crippen LogP contribution >= 0.6 is 11.3 Å². The maximum absolute atomic E-state index is 15.5. The predicted molar refractivity (Wildman–Crippen MR) is 293 cm³/mol. The Kier molecular flexibility index (Phi) is 18.9. The van der Waals surface area contributed by atoms with Crippen molar-refractivity contribution in [1.29, 1.82) is 0 Å². The third-order valence-electron chi connectivity index (χ3n) is 13.6. The number of β-amino-alcohol motifs (C(OH)–C–C–N with tert-alkyl or cyclic N) is 1. The lowest BCUT2D eigenvalue weighted by Gasteiger charge is -2.35. The summed E-state index contributed by atoms with van der Waals surface area (Å²) in [7, 11) is 1.49. The second kappa shape index (κ2) is 25.9. The fraction of sp³-hybridized carbons (Fsp3) is 0.397. The van der Waals surface area contributed by atoms with Crippen molar-refractivity contribution in [1.82, 2.24) is 25.5 Å². The van der Waals surface area contributed by atoms with Crippen LogP contribution in [0.5, 0.6) is 23.0 Å². The van der Waals surface area contributed by atoms with Gasteiger partial charge in [-0.05, 0) is 91.3 Å². The van der Waals surface area contributed by atoms with Gasteiger partial charge in [-0.1, -0.05) is 45.0 Å². The summed E-state index contributed by atoms with van der Waals surface area (Å²) < 4.78 is 57.9. The number of methoxy groups -OCH3 is 1. The Balaban J connectivity index is 0.721. The number of pyridine rings is 1. The van der Waals surface area contributed by atoms with Crippen molar-refractivity contribution in [2.75, 3.05) is 57.3 Å². The van der Waals surface area contributed by atoms with Gasteiger partial charge in [0.25, 0.3) is 0 Å². The molecule has 0 spiro atoms. The molecule has 2 aromatic heterocycles. The van der Waals surface area contributed by atoms with Crippen molar-refractivity contribution in [3.63, 3.8) is 0 Å². The van der Waals surface area contributed by atoms with Crippen LogP contribution in [0.15, 0.2) is 96.6 Å². The van der Waals surface area contributed by atoms with Gasteiger partial charge in [-0.15, -0.1) is 11.3 Å². The van der Waals surface area contributed by atoms with Crippen molar-refractivity contribution in [2.45, 2.75) is 91.0 Å². The van der Waals surface area contributed by atoms with E-state index in [1.54, 1.807) is 35.0 Å². The maximum atomic E-state index is 15.5. The van der Waals surface area contributed by atoms with Crippen LogP contribution in [-0.4, -0.2) is 114 Å². The molecule has 79 heavy (non-hydrogen) atoms.